The SMILES string of the molecule is COC(=O)N[C@H](C(=O)N1CC(C)CC1c1nc(-c2ccc(-c3ccc4cc(-c5nc([C@@H]6C[C@H](C)CN6C(=O)[C@@H](OC(N)=O)C(C)C)[nH]c5Cl)ccc4c3)cc2)c(Cl)[nH]1)C(C)C. The quantitative estimate of drug-likeness (QED) is 0.101. The number of hydrogen-bond acceptors (Lipinski definition) is 8. The Kier molecular flexibility index (Phi) is 12.7. The smallest absolute Gasteiger partial charge is 0.407 e. The number of primary amides is 1. The Morgan fingerprint density at radius 2 is 1.20 bits per heavy atom. The number of fused-ring (bicyclic) bond motifs is 1. The average Bonchev–Trinajstić information content (AvgIpc) is 4.02. The third kappa shape index (κ3) is 9.06. The van der Waals surface area contributed by atoms with Crippen LogP contribution in [0.5, 0.6) is 0 Å². The maximum Gasteiger partial charge on any atom is 0.407 e. The molecule has 2 aliphatic rings. The summed E-state index contributed by atoms with van der Waals surface area (Å²) in [6, 6.07) is 18.9. The molecule has 2 aliphatic heterocycles. The Hall–Kier alpha value is -5.60. The fraction of sp³-hybridized carbons (Fsp3) is 0.422. The molecule has 16 heteroatoms. The van der Waals surface area contributed by atoms with Crippen LogP contribution in [0.1, 0.15) is 78.1 Å². The molecule has 2 unspecified atom stereocenters. The van der Waals surface area contributed by atoms with Crippen molar-refractivity contribution in [3.63, 3.8) is 0 Å². The van der Waals surface area contributed by atoms with Gasteiger partial charge in [-0.1, -0.05) is 113 Å². The van der Waals surface area contributed by atoms with Crippen molar-refractivity contribution < 1.29 is 28.7 Å². The van der Waals surface area contributed by atoms with Gasteiger partial charge in [0.15, 0.2) is 6.10 Å². The average molecular weight is 872 g/mol. The van der Waals surface area contributed by atoms with Gasteiger partial charge in [0, 0.05) is 24.2 Å². The number of nitrogens with two attached hydrogens (primary N) is 1. The number of nitrogens with zero attached hydrogens (tertiary/aromatic N) is 4. The molecule has 5 aromatic rings. The summed E-state index contributed by atoms with van der Waals surface area (Å²) in [6.07, 6.45) is -1.26. The van der Waals surface area contributed by atoms with E-state index in [9.17, 15) is 19.2 Å². The van der Waals surface area contributed by atoms with Crippen LogP contribution in [-0.4, -0.2) is 86.1 Å². The summed E-state index contributed by atoms with van der Waals surface area (Å²) >= 11 is 13.5. The number of aromatic amines is 2. The van der Waals surface area contributed by atoms with E-state index in [4.69, 9.17) is 48.4 Å². The summed E-state index contributed by atoms with van der Waals surface area (Å²) in [5.41, 5.74) is 10.1. The van der Waals surface area contributed by atoms with Crippen LogP contribution in [0, 0.1) is 23.7 Å². The van der Waals surface area contributed by atoms with Crippen LogP contribution in [0.25, 0.3) is 44.4 Å². The van der Waals surface area contributed by atoms with Crippen LogP contribution >= 0.6 is 23.2 Å². The van der Waals surface area contributed by atoms with Crippen molar-refractivity contribution >= 4 is 58.0 Å². The van der Waals surface area contributed by atoms with Crippen molar-refractivity contribution in [2.45, 2.75) is 78.6 Å². The van der Waals surface area contributed by atoms with Gasteiger partial charge >= 0.3 is 12.2 Å². The molecule has 61 heavy (non-hydrogen) atoms. The monoisotopic (exact) mass is 870 g/mol. The molecule has 0 bridgehead atoms. The number of carbonyl (C=O) groups is 4. The highest BCUT2D eigenvalue weighted by Gasteiger charge is 2.42. The molecule has 2 fully saturated rings. The van der Waals surface area contributed by atoms with Crippen LogP contribution in [0.4, 0.5) is 9.59 Å². The summed E-state index contributed by atoms with van der Waals surface area (Å²) in [5.74, 6) is 0.679. The molecule has 14 nitrogen and oxygen atoms in total. The molecule has 4 heterocycles. The number of hydrogen-bond donors (Lipinski definition) is 4. The lowest BCUT2D eigenvalue weighted by Gasteiger charge is -2.30. The number of benzene rings is 3. The van der Waals surface area contributed by atoms with Crippen LogP contribution < -0.4 is 11.1 Å². The summed E-state index contributed by atoms with van der Waals surface area (Å²) < 4.78 is 10.00. The molecule has 0 aliphatic carbocycles. The van der Waals surface area contributed by atoms with E-state index in [0.29, 0.717) is 59.3 Å². The van der Waals surface area contributed by atoms with Crippen molar-refractivity contribution in [2.75, 3.05) is 20.2 Å². The van der Waals surface area contributed by atoms with Crippen LogP contribution in [-0.2, 0) is 19.1 Å². The molecule has 2 aromatic heterocycles. The number of nitrogens with one attached hydrogen (secondary N) is 3. The zero-order chi connectivity index (χ0) is 43.9. The number of rotatable bonds is 11. The first-order valence-corrected chi connectivity index (χ1v) is 21.4. The first kappa shape index (κ1) is 43.5. The third-order valence-corrected chi connectivity index (χ3v) is 12.2. The van der Waals surface area contributed by atoms with Gasteiger partial charge in [-0.2, -0.15) is 0 Å². The van der Waals surface area contributed by atoms with Crippen LogP contribution in [0.15, 0.2) is 60.7 Å². The van der Waals surface area contributed by atoms with Gasteiger partial charge in [0.2, 0.25) is 5.91 Å². The normalized spacial score (nSPS) is 20.0. The minimum absolute atomic E-state index is 0.150. The lowest BCUT2D eigenvalue weighted by atomic mass is 9.98. The van der Waals surface area contributed by atoms with Gasteiger partial charge in [0.25, 0.3) is 5.91 Å². The molecule has 7 rings (SSSR count). The fourth-order valence-electron chi connectivity index (χ4n) is 8.57. The van der Waals surface area contributed by atoms with E-state index in [1.54, 1.807) is 9.80 Å². The van der Waals surface area contributed by atoms with E-state index >= 15 is 0 Å². The van der Waals surface area contributed by atoms with Gasteiger partial charge in [0.05, 0.1) is 19.2 Å². The van der Waals surface area contributed by atoms with Gasteiger partial charge in [-0.15, -0.1) is 0 Å². The third-order valence-electron chi connectivity index (χ3n) is 11.7. The molecule has 0 spiro atoms. The molecular formula is C45H52Cl2N8O6. The minimum Gasteiger partial charge on any atom is -0.453 e. The molecule has 6 atom stereocenters. The minimum atomic E-state index is -0.998. The highest BCUT2D eigenvalue weighted by atomic mass is 35.5. The zero-order valence-corrected chi connectivity index (χ0v) is 36.8. The van der Waals surface area contributed by atoms with E-state index in [1.807, 2.05) is 70.2 Å². The van der Waals surface area contributed by atoms with Gasteiger partial charge in [-0.05, 0) is 70.5 Å². The number of likely N-dealkylation sites (tertiary alicyclic amines) is 2. The number of amides is 4. The van der Waals surface area contributed by atoms with E-state index in [0.717, 1.165) is 33.0 Å². The highest BCUT2D eigenvalue weighted by Crippen LogP contribution is 2.40. The number of aromatic nitrogens is 4. The van der Waals surface area contributed by atoms with Crippen molar-refractivity contribution in [2.24, 2.45) is 29.4 Å². The number of imidazole rings is 2. The Morgan fingerprint density at radius 3 is 1.70 bits per heavy atom. The summed E-state index contributed by atoms with van der Waals surface area (Å²) in [4.78, 5) is 70.8. The molecule has 0 radical (unpaired) electrons. The molecular weight excluding hydrogens is 819 g/mol. The van der Waals surface area contributed by atoms with E-state index < -0.39 is 24.3 Å². The second kappa shape index (κ2) is 17.8. The van der Waals surface area contributed by atoms with Crippen LogP contribution in [0.3, 0.4) is 0 Å². The van der Waals surface area contributed by atoms with Gasteiger partial charge in [0.1, 0.15) is 39.4 Å². The Morgan fingerprint density at radius 1 is 0.721 bits per heavy atom. The lowest BCUT2D eigenvalue weighted by molar-refractivity contribution is -0.143. The van der Waals surface area contributed by atoms with E-state index in [2.05, 4.69) is 47.3 Å². The Bertz CT molecular complexity index is 2450. The fourth-order valence-corrected chi connectivity index (χ4v) is 9.06. The lowest BCUT2D eigenvalue weighted by Crippen LogP contribution is -2.51. The van der Waals surface area contributed by atoms with Crippen molar-refractivity contribution in [1.82, 2.24) is 35.1 Å². The van der Waals surface area contributed by atoms with Gasteiger partial charge in [-0.3, -0.25) is 9.59 Å². The van der Waals surface area contributed by atoms with E-state index in [-0.39, 0.29) is 47.6 Å². The summed E-state index contributed by atoms with van der Waals surface area (Å²) in [5, 5.41) is 5.47. The molecule has 4 amide bonds. The zero-order valence-electron chi connectivity index (χ0n) is 35.3. The molecule has 3 aromatic carbocycles. The van der Waals surface area contributed by atoms with Gasteiger partial charge in [-0.25, -0.2) is 19.6 Å². The van der Waals surface area contributed by atoms with Crippen molar-refractivity contribution in [3.8, 4) is 33.6 Å². The first-order valence-electron chi connectivity index (χ1n) is 20.6. The highest BCUT2D eigenvalue weighted by molar-refractivity contribution is 6.32. The van der Waals surface area contributed by atoms with Gasteiger partial charge < -0.3 is 40.3 Å². The summed E-state index contributed by atoms with van der Waals surface area (Å²) in [6.45, 7) is 12.6. The summed E-state index contributed by atoms with van der Waals surface area (Å²) in [7, 11) is 1.28. The Balaban J connectivity index is 1.08. The number of H-pyrrole nitrogens is 2. The number of carbonyl (C=O) groups excluding carboxylic acids is 4. The molecule has 322 valence electrons. The molecule has 5 N–H and O–H groups in total. The van der Waals surface area contributed by atoms with E-state index in [1.165, 1.54) is 7.11 Å². The maximum absolute atomic E-state index is 13.8. The topological polar surface area (TPSA) is 189 Å². The Labute approximate surface area is 364 Å². The van der Waals surface area contributed by atoms with Crippen LogP contribution in [0.2, 0.25) is 10.3 Å². The molecule has 0 saturated carbocycles. The number of methoxy groups -OCH3 is 1. The molecule has 2 saturated heterocycles. The maximum atomic E-state index is 13.8. The standard InChI is InChI=1S/C45H52Cl2N8O6/c1-22(2)34(51-45(59)60-7)42(56)54-20-24(5)16-32(54)40-49-35(38(46)52-40)27-10-8-26(9-11-27)28-12-13-30-19-31(15-14-29(30)18-28)36-39(47)53-41(50-36)33-17-25(6)21-55(33)43(57)37(23(3)4)61-44(48)58/h8-15,18-19,22-25,32-34,37H,16-17,20-21H2,1-7H3,(H2,48,58)(H,49,52)(H,50,53)(H,51,59)/t24?,25-,32?,33-,34-,37-/m0/s1. The predicted molar refractivity (Wildman–Crippen MR) is 234 cm³/mol. The number of alkyl carbamates (subject to hydrolysis) is 1. The predicted octanol–water partition coefficient (Wildman–Crippen LogP) is 8.91. The van der Waals surface area contributed by atoms with Crippen molar-refractivity contribution in [1.29, 1.82) is 0 Å². The largest absolute Gasteiger partial charge is 0.453 e. The number of ether oxygens (including phenoxy) is 2. The second-order valence-corrected chi connectivity index (χ2v) is 17.8. The first-order chi connectivity index (χ1) is 29.0. The second-order valence-electron chi connectivity index (χ2n) is 17.1. The van der Waals surface area contributed by atoms with Crippen molar-refractivity contribution in [3.05, 3.63) is 82.6 Å². The number of halogens is 2.